The van der Waals surface area contributed by atoms with E-state index >= 15 is 0 Å². The van der Waals surface area contributed by atoms with Gasteiger partial charge in [0.15, 0.2) is 0 Å². The van der Waals surface area contributed by atoms with Crippen molar-refractivity contribution in [3.8, 4) is 0 Å². The molecule has 1 aromatic heterocycles. The molecule has 0 saturated heterocycles. The molecular weight excluding hydrogens is 420 g/mol. The largest absolute Gasteiger partial charge is 0.337 e. The lowest BCUT2D eigenvalue weighted by atomic mass is 9.97. The number of amides is 1. The van der Waals surface area contributed by atoms with Crippen LogP contribution >= 0.6 is 0 Å². The van der Waals surface area contributed by atoms with Crippen molar-refractivity contribution in [1.29, 1.82) is 0 Å². The quantitative estimate of drug-likeness (QED) is 0.469. The summed E-state index contributed by atoms with van der Waals surface area (Å²) in [5.41, 5.74) is -0.723. The molecule has 0 N–H and O–H groups in total. The van der Waals surface area contributed by atoms with Gasteiger partial charge in [0.25, 0.3) is 0 Å². The second kappa shape index (κ2) is 10.4. The maximum atomic E-state index is 13.3. The number of benzene rings is 2. The summed E-state index contributed by atoms with van der Waals surface area (Å²) < 4.78 is 2.52. The van der Waals surface area contributed by atoms with Crippen LogP contribution in [0.1, 0.15) is 17.2 Å². The number of nitrogens with zero attached hydrogens (tertiary/aromatic N) is 4. The van der Waals surface area contributed by atoms with Crippen LogP contribution in [-0.2, 0) is 24.4 Å². The van der Waals surface area contributed by atoms with Crippen LogP contribution in [0, 0.1) is 0 Å². The smallest absolute Gasteiger partial charge is 0.333 e. The van der Waals surface area contributed by atoms with E-state index in [-0.39, 0.29) is 13.1 Å². The Kier molecular flexibility index (Phi) is 7.40. The highest BCUT2D eigenvalue weighted by molar-refractivity contribution is 5.76. The van der Waals surface area contributed by atoms with Gasteiger partial charge in [0, 0.05) is 7.05 Å². The average Bonchev–Trinajstić information content (AvgIpc) is 2.83. The molecule has 0 saturated carbocycles. The Morgan fingerprint density at radius 3 is 1.58 bits per heavy atom. The first-order chi connectivity index (χ1) is 15.9. The zero-order valence-electron chi connectivity index (χ0n) is 18.5. The molecule has 2 aromatic carbocycles. The normalized spacial score (nSPS) is 10.7. The van der Waals surface area contributed by atoms with Crippen LogP contribution in [0.15, 0.2) is 100 Å². The van der Waals surface area contributed by atoms with Crippen LogP contribution in [0.3, 0.4) is 0 Å². The van der Waals surface area contributed by atoms with Crippen molar-refractivity contribution >= 4 is 5.91 Å². The number of hydrogen-bond donors (Lipinski definition) is 0. The molecule has 0 aliphatic carbocycles. The van der Waals surface area contributed by atoms with Gasteiger partial charge in [-0.25, -0.2) is 28.1 Å². The molecule has 0 aliphatic rings. The maximum absolute atomic E-state index is 13.3. The van der Waals surface area contributed by atoms with Crippen LogP contribution in [0.4, 0.5) is 0 Å². The Bertz CT molecular complexity index is 1230. The highest BCUT2D eigenvalue weighted by Gasteiger charge is 2.25. The summed E-state index contributed by atoms with van der Waals surface area (Å²) >= 11 is 0. The molecule has 0 bridgehead atoms. The van der Waals surface area contributed by atoms with Gasteiger partial charge in [-0.2, -0.15) is 0 Å². The molecule has 8 heteroatoms. The molecule has 33 heavy (non-hydrogen) atoms. The van der Waals surface area contributed by atoms with Gasteiger partial charge in [0.05, 0.1) is 19.1 Å². The van der Waals surface area contributed by atoms with Gasteiger partial charge in [-0.3, -0.25) is 4.79 Å². The summed E-state index contributed by atoms with van der Waals surface area (Å²) in [6.45, 7) is 6.42. The van der Waals surface area contributed by atoms with Crippen LogP contribution < -0.4 is 17.1 Å². The minimum Gasteiger partial charge on any atom is -0.333 e. The molecular formula is C25H26N4O4. The molecule has 8 nitrogen and oxygen atoms in total. The Hall–Kier alpha value is -4.20. The highest BCUT2D eigenvalue weighted by Crippen LogP contribution is 2.27. The summed E-state index contributed by atoms with van der Waals surface area (Å²) in [7, 11) is 1.63. The molecule has 0 spiro atoms. The van der Waals surface area contributed by atoms with E-state index in [2.05, 4.69) is 13.2 Å². The number of rotatable bonds is 9. The Morgan fingerprint density at radius 2 is 1.18 bits per heavy atom. The van der Waals surface area contributed by atoms with Crippen LogP contribution in [0.25, 0.3) is 0 Å². The summed E-state index contributed by atoms with van der Waals surface area (Å²) in [5, 5.41) is 0. The van der Waals surface area contributed by atoms with Crippen molar-refractivity contribution in [2.24, 2.45) is 0 Å². The standard InChI is InChI=1S/C25H26N4O4/c1-4-16-27-23(31)28(17-5-2)25(33)29(24(27)32)18-21(30)26(3)22(19-12-8-6-9-13-19)20-14-10-7-11-15-20/h4-15,22H,1-2,16-18H2,3H3. The van der Waals surface area contributed by atoms with Gasteiger partial charge in [-0.1, -0.05) is 72.8 Å². The van der Waals surface area contributed by atoms with Crippen LogP contribution in [-0.4, -0.2) is 31.6 Å². The fraction of sp³-hybridized carbons (Fsp3) is 0.200. The molecule has 0 unspecified atom stereocenters. The number of aromatic nitrogens is 3. The summed E-state index contributed by atoms with van der Waals surface area (Å²) in [6.07, 6.45) is 2.76. The second-order valence-corrected chi connectivity index (χ2v) is 7.46. The van der Waals surface area contributed by atoms with Crippen molar-refractivity contribution < 1.29 is 4.79 Å². The fourth-order valence-corrected chi connectivity index (χ4v) is 3.69. The van der Waals surface area contributed by atoms with Crippen molar-refractivity contribution in [1.82, 2.24) is 18.6 Å². The molecule has 0 radical (unpaired) electrons. The number of carbonyl (C=O) groups excluding carboxylic acids is 1. The van der Waals surface area contributed by atoms with Gasteiger partial charge in [0.2, 0.25) is 5.91 Å². The number of hydrogen-bond acceptors (Lipinski definition) is 4. The number of allylic oxidation sites excluding steroid dienone is 2. The monoisotopic (exact) mass is 446 g/mol. The van der Waals surface area contributed by atoms with E-state index in [1.54, 1.807) is 7.05 Å². The first-order valence-corrected chi connectivity index (χ1v) is 10.4. The first-order valence-electron chi connectivity index (χ1n) is 10.4. The average molecular weight is 447 g/mol. The lowest BCUT2D eigenvalue weighted by Crippen LogP contribution is -2.55. The molecule has 3 aromatic rings. The predicted molar refractivity (Wildman–Crippen MR) is 127 cm³/mol. The van der Waals surface area contributed by atoms with Crippen molar-refractivity contribution in [3.63, 3.8) is 0 Å². The van der Waals surface area contributed by atoms with E-state index in [0.29, 0.717) is 0 Å². The highest BCUT2D eigenvalue weighted by atomic mass is 16.2. The van der Waals surface area contributed by atoms with Gasteiger partial charge in [0.1, 0.15) is 6.54 Å². The van der Waals surface area contributed by atoms with Crippen molar-refractivity contribution in [2.75, 3.05) is 7.05 Å². The topological polar surface area (TPSA) is 86.3 Å². The van der Waals surface area contributed by atoms with Crippen LogP contribution in [0.5, 0.6) is 0 Å². The third-order valence-corrected chi connectivity index (χ3v) is 5.31. The summed E-state index contributed by atoms with van der Waals surface area (Å²) in [4.78, 5) is 53.2. The third kappa shape index (κ3) is 4.85. The molecule has 0 aliphatic heterocycles. The Labute approximate surface area is 191 Å². The van der Waals surface area contributed by atoms with Gasteiger partial charge in [-0.05, 0) is 11.1 Å². The predicted octanol–water partition coefficient (Wildman–Crippen LogP) is 1.79. The van der Waals surface area contributed by atoms with E-state index in [1.807, 2.05) is 60.7 Å². The molecule has 1 amide bonds. The number of carbonyl (C=O) groups is 1. The zero-order chi connectivity index (χ0) is 24.0. The number of likely N-dealkylation sites (N-methyl/N-ethyl adjacent to an activating group) is 1. The van der Waals surface area contributed by atoms with Gasteiger partial charge in [-0.15, -0.1) is 13.2 Å². The minimum atomic E-state index is -0.858. The van der Waals surface area contributed by atoms with E-state index < -0.39 is 35.6 Å². The molecule has 3 rings (SSSR count). The Morgan fingerprint density at radius 1 is 0.788 bits per heavy atom. The maximum Gasteiger partial charge on any atom is 0.337 e. The third-order valence-electron chi connectivity index (χ3n) is 5.31. The van der Waals surface area contributed by atoms with Crippen LogP contribution in [0.2, 0.25) is 0 Å². The SMILES string of the molecule is C=CCn1c(=O)n(CC=C)c(=O)n(CC(=O)N(C)C(c2ccccc2)c2ccccc2)c1=O. The Balaban J connectivity index is 2.06. The zero-order valence-corrected chi connectivity index (χ0v) is 18.5. The fourth-order valence-electron chi connectivity index (χ4n) is 3.69. The summed E-state index contributed by atoms with van der Waals surface area (Å²) in [5.74, 6) is -0.458. The van der Waals surface area contributed by atoms with E-state index in [0.717, 1.165) is 24.8 Å². The lowest BCUT2D eigenvalue weighted by Gasteiger charge is -2.29. The molecule has 1 heterocycles. The first kappa shape index (κ1) is 23.5. The van der Waals surface area contributed by atoms with Gasteiger partial charge < -0.3 is 4.90 Å². The molecule has 0 fully saturated rings. The van der Waals surface area contributed by atoms with Gasteiger partial charge >= 0.3 is 17.1 Å². The summed E-state index contributed by atoms with van der Waals surface area (Å²) in [6, 6.07) is 18.5. The van der Waals surface area contributed by atoms with E-state index in [9.17, 15) is 19.2 Å². The lowest BCUT2D eigenvalue weighted by molar-refractivity contribution is -0.132. The molecule has 170 valence electrons. The minimum absolute atomic E-state index is 0.0875. The van der Waals surface area contributed by atoms with Crippen molar-refractivity contribution in [2.45, 2.75) is 25.7 Å². The van der Waals surface area contributed by atoms with Crippen molar-refractivity contribution in [3.05, 3.63) is 129 Å². The van der Waals surface area contributed by atoms with E-state index in [4.69, 9.17) is 0 Å². The second-order valence-electron chi connectivity index (χ2n) is 7.46. The van der Waals surface area contributed by atoms with E-state index in [1.165, 1.54) is 17.1 Å². The molecule has 0 atom stereocenters.